The summed E-state index contributed by atoms with van der Waals surface area (Å²) in [6, 6.07) is 12.7. The van der Waals surface area contributed by atoms with E-state index in [2.05, 4.69) is 9.71 Å². The lowest BCUT2D eigenvalue weighted by Gasteiger charge is -2.11. The molecular formula is C16H16N2O2S. The van der Waals surface area contributed by atoms with Crippen LogP contribution in [0.5, 0.6) is 0 Å². The lowest BCUT2D eigenvalue weighted by atomic mass is 10.2. The maximum atomic E-state index is 12.5. The summed E-state index contributed by atoms with van der Waals surface area (Å²) in [6.07, 6.45) is 1.83. The highest BCUT2D eigenvalue weighted by Crippen LogP contribution is 2.23. The van der Waals surface area contributed by atoms with Gasteiger partial charge in [0.05, 0.1) is 4.90 Å². The molecule has 0 saturated heterocycles. The third kappa shape index (κ3) is 2.64. The molecule has 0 spiro atoms. The van der Waals surface area contributed by atoms with E-state index in [1.165, 1.54) is 0 Å². The predicted octanol–water partition coefficient (Wildman–Crippen LogP) is 3.59. The number of nitrogens with one attached hydrogen (secondary N) is 2. The Kier molecular flexibility index (Phi) is 3.22. The maximum Gasteiger partial charge on any atom is 0.262 e. The Morgan fingerprint density at radius 3 is 2.62 bits per heavy atom. The van der Waals surface area contributed by atoms with Crippen molar-refractivity contribution in [2.75, 3.05) is 4.72 Å². The first kappa shape index (κ1) is 13.7. The Morgan fingerprint density at radius 2 is 1.81 bits per heavy atom. The van der Waals surface area contributed by atoms with E-state index in [9.17, 15) is 8.42 Å². The first-order valence-corrected chi connectivity index (χ1v) is 8.11. The van der Waals surface area contributed by atoms with Crippen molar-refractivity contribution in [3.05, 3.63) is 59.8 Å². The molecule has 3 aromatic rings. The first-order chi connectivity index (χ1) is 9.95. The summed E-state index contributed by atoms with van der Waals surface area (Å²) in [5.41, 5.74) is 3.19. The zero-order chi connectivity index (χ0) is 15.0. The monoisotopic (exact) mass is 300 g/mol. The molecule has 0 aliphatic rings. The van der Waals surface area contributed by atoms with Gasteiger partial charge in [-0.1, -0.05) is 12.1 Å². The number of aryl methyl sites for hydroxylation is 2. The molecule has 0 unspecified atom stereocenters. The number of benzene rings is 2. The van der Waals surface area contributed by atoms with Gasteiger partial charge in [-0.05, 0) is 55.3 Å². The van der Waals surface area contributed by atoms with Crippen molar-refractivity contribution in [1.82, 2.24) is 4.98 Å². The first-order valence-electron chi connectivity index (χ1n) is 6.63. The van der Waals surface area contributed by atoms with E-state index >= 15 is 0 Å². The summed E-state index contributed by atoms with van der Waals surface area (Å²) in [7, 11) is -3.58. The SMILES string of the molecule is Cc1ccc(C)c(S(=O)(=O)Nc2ccc3[nH]ccc3c2)c1. The Labute approximate surface area is 123 Å². The van der Waals surface area contributed by atoms with Crippen molar-refractivity contribution in [3.8, 4) is 0 Å². The van der Waals surface area contributed by atoms with Crippen LogP contribution in [-0.2, 0) is 10.0 Å². The van der Waals surface area contributed by atoms with Gasteiger partial charge in [-0.25, -0.2) is 8.42 Å². The summed E-state index contributed by atoms with van der Waals surface area (Å²) >= 11 is 0. The van der Waals surface area contributed by atoms with Gasteiger partial charge in [0.1, 0.15) is 0 Å². The molecule has 0 aliphatic heterocycles. The number of hydrogen-bond donors (Lipinski definition) is 2. The fourth-order valence-corrected chi connectivity index (χ4v) is 3.70. The number of hydrogen-bond acceptors (Lipinski definition) is 2. The van der Waals surface area contributed by atoms with E-state index in [4.69, 9.17) is 0 Å². The van der Waals surface area contributed by atoms with Crippen molar-refractivity contribution in [2.45, 2.75) is 18.7 Å². The summed E-state index contributed by atoms with van der Waals surface area (Å²) in [6.45, 7) is 3.67. The van der Waals surface area contributed by atoms with E-state index in [1.807, 2.05) is 43.5 Å². The summed E-state index contributed by atoms with van der Waals surface area (Å²) in [4.78, 5) is 3.40. The van der Waals surface area contributed by atoms with E-state index in [0.717, 1.165) is 22.0 Å². The minimum Gasteiger partial charge on any atom is -0.361 e. The van der Waals surface area contributed by atoms with Crippen LogP contribution >= 0.6 is 0 Å². The van der Waals surface area contributed by atoms with Crippen LogP contribution in [0.2, 0.25) is 0 Å². The van der Waals surface area contributed by atoms with Gasteiger partial charge in [-0.3, -0.25) is 4.72 Å². The molecule has 1 aromatic heterocycles. The van der Waals surface area contributed by atoms with Gasteiger partial charge < -0.3 is 4.98 Å². The molecular weight excluding hydrogens is 284 g/mol. The zero-order valence-corrected chi connectivity index (χ0v) is 12.7. The quantitative estimate of drug-likeness (QED) is 0.776. The van der Waals surface area contributed by atoms with Crippen molar-refractivity contribution in [1.29, 1.82) is 0 Å². The van der Waals surface area contributed by atoms with Gasteiger partial charge in [0.25, 0.3) is 10.0 Å². The van der Waals surface area contributed by atoms with Gasteiger partial charge in [-0.2, -0.15) is 0 Å². The highest BCUT2D eigenvalue weighted by Gasteiger charge is 2.17. The van der Waals surface area contributed by atoms with Crippen molar-refractivity contribution in [2.24, 2.45) is 0 Å². The number of sulfonamides is 1. The minimum atomic E-state index is -3.58. The molecule has 0 fully saturated rings. The van der Waals surface area contributed by atoms with Crippen LogP contribution in [0.15, 0.2) is 53.6 Å². The average Bonchev–Trinajstić information content (AvgIpc) is 2.88. The summed E-state index contributed by atoms with van der Waals surface area (Å²) < 4.78 is 27.7. The molecule has 0 aliphatic carbocycles. The van der Waals surface area contributed by atoms with Crippen molar-refractivity contribution in [3.63, 3.8) is 0 Å². The molecule has 0 atom stereocenters. The molecule has 2 aromatic carbocycles. The topological polar surface area (TPSA) is 62.0 Å². The molecule has 108 valence electrons. The van der Waals surface area contributed by atoms with Crippen LogP contribution in [0, 0.1) is 13.8 Å². The third-order valence-corrected chi connectivity index (χ3v) is 4.96. The van der Waals surface area contributed by atoms with Crippen LogP contribution in [0.4, 0.5) is 5.69 Å². The molecule has 1 heterocycles. The predicted molar refractivity (Wildman–Crippen MR) is 85.0 cm³/mol. The van der Waals surface area contributed by atoms with Crippen LogP contribution in [0.25, 0.3) is 10.9 Å². The molecule has 4 nitrogen and oxygen atoms in total. The molecule has 2 N–H and O–H groups in total. The van der Waals surface area contributed by atoms with Crippen molar-refractivity contribution >= 4 is 26.6 Å². The van der Waals surface area contributed by atoms with Gasteiger partial charge in [0.15, 0.2) is 0 Å². The molecule has 0 bridgehead atoms. The van der Waals surface area contributed by atoms with Gasteiger partial charge in [0, 0.05) is 22.8 Å². The van der Waals surface area contributed by atoms with Crippen molar-refractivity contribution < 1.29 is 8.42 Å². The zero-order valence-electron chi connectivity index (χ0n) is 11.8. The number of rotatable bonds is 3. The standard InChI is InChI=1S/C16H16N2O2S/c1-11-3-4-12(2)16(9-11)21(19,20)18-14-5-6-15-13(10-14)7-8-17-15/h3-10,17-18H,1-2H3. The Bertz CT molecular complexity index is 911. The van der Waals surface area contributed by atoms with Gasteiger partial charge in [0.2, 0.25) is 0 Å². The number of aromatic amines is 1. The second-order valence-electron chi connectivity index (χ2n) is 5.15. The minimum absolute atomic E-state index is 0.316. The average molecular weight is 300 g/mol. The number of H-pyrrole nitrogens is 1. The summed E-state index contributed by atoms with van der Waals surface area (Å²) in [5.74, 6) is 0. The molecule has 0 radical (unpaired) electrons. The normalized spacial score (nSPS) is 11.7. The molecule has 5 heteroatoms. The maximum absolute atomic E-state index is 12.5. The highest BCUT2D eigenvalue weighted by atomic mass is 32.2. The van der Waals surface area contributed by atoms with Gasteiger partial charge in [-0.15, -0.1) is 0 Å². The summed E-state index contributed by atoms with van der Waals surface area (Å²) in [5, 5.41) is 0.969. The van der Waals surface area contributed by atoms with E-state index in [1.54, 1.807) is 19.1 Å². The van der Waals surface area contributed by atoms with Crippen LogP contribution in [0.1, 0.15) is 11.1 Å². The smallest absolute Gasteiger partial charge is 0.262 e. The largest absolute Gasteiger partial charge is 0.361 e. The van der Waals surface area contributed by atoms with Crippen LogP contribution < -0.4 is 4.72 Å². The molecule has 0 amide bonds. The Morgan fingerprint density at radius 1 is 1.00 bits per heavy atom. The van der Waals surface area contributed by atoms with E-state index in [-0.39, 0.29) is 0 Å². The third-order valence-electron chi connectivity index (χ3n) is 3.44. The fourth-order valence-electron chi connectivity index (χ4n) is 2.32. The highest BCUT2D eigenvalue weighted by molar-refractivity contribution is 7.92. The van der Waals surface area contributed by atoms with E-state index in [0.29, 0.717) is 10.6 Å². The second-order valence-corrected chi connectivity index (χ2v) is 6.80. The van der Waals surface area contributed by atoms with E-state index < -0.39 is 10.0 Å². The molecule has 21 heavy (non-hydrogen) atoms. The van der Waals surface area contributed by atoms with Crippen LogP contribution in [0.3, 0.4) is 0 Å². The lowest BCUT2D eigenvalue weighted by molar-refractivity contribution is 0.600. The van der Waals surface area contributed by atoms with Crippen LogP contribution in [-0.4, -0.2) is 13.4 Å². The Balaban J connectivity index is 2.00. The fraction of sp³-hybridized carbons (Fsp3) is 0.125. The molecule has 3 rings (SSSR count). The lowest BCUT2D eigenvalue weighted by Crippen LogP contribution is -2.14. The second kappa shape index (κ2) is 4.93. The van der Waals surface area contributed by atoms with Gasteiger partial charge >= 0.3 is 0 Å². The number of fused-ring (bicyclic) bond motifs is 1. The number of anilines is 1. The molecule has 0 saturated carbocycles. The number of aromatic nitrogens is 1. The Hall–Kier alpha value is -2.27.